The SMILES string of the molecule is O=C(CC(F)(F)F)NCc1ccc(N2CCC(c3cc(C(F)(F)F)cc(C(F)(F)F)c3)(C(F)(F)F)S2)nc1Br. The summed E-state index contributed by atoms with van der Waals surface area (Å²) in [6.45, 7) is -0.907. The molecule has 1 aliphatic rings. The number of amides is 1. The monoisotopic (exact) mass is 663 g/mol. The second-order valence-electron chi connectivity index (χ2n) is 8.25. The number of halogens is 13. The van der Waals surface area contributed by atoms with Gasteiger partial charge in [-0.2, -0.15) is 52.7 Å². The van der Waals surface area contributed by atoms with Crippen LogP contribution in [0.2, 0.25) is 0 Å². The number of aromatic nitrogens is 1. The van der Waals surface area contributed by atoms with Crippen LogP contribution in [0.4, 0.5) is 58.5 Å². The molecule has 1 amide bonds. The number of anilines is 1. The molecule has 1 unspecified atom stereocenters. The van der Waals surface area contributed by atoms with Crippen LogP contribution in [0.5, 0.6) is 0 Å². The largest absolute Gasteiger partial charge is 0.416 e. The van der Waals surface area contributed by atoms with Crippen molar-refractivity contribution >= 4 is 39.6 Å². The van der Waals surface area contributed by atoms with E-state index < -0.39 is 78.0 Å². The first-order valence-corrected chi connectivity index (χ1v) is 12.0. The minimum atomic E-state index is -5.36. The number of nitrogens with one attached hydrogen (secondary N) is 1. The van der Waals surface area contributed by atoms with Gasteiger partial charge in [0.15, 0.2) is 4.75 Å². The highest BCUT2D eigenvalue weighted by molar-refractivity contribution is 9.10. The fourth-order valence-corrected chi connectivity index (χ4v) is 5.32. The molecule has 39 heavy (non-hydrogen) atoms. The minimum Gasteiger partial charge on any atom is -0.352 e. The minimum absolute atomic E-state index is 0.0370. The molecule has 0 saturated carbocycles. The molecule has 1 aromatic carbocycles. The molecule has 1 aromatic heterocycles. The molecule has 1 atom stereocenters. The van der Waals surface area contributed by atoms with E-state index in [2.05, 4.69) is 20.9 Å². The van der Waals surface area contributed by atoms with Crippen LogP contribution < -0.4 is 9.62 Å². The van der Waals surface area contributed by atoms with E-state index in [1.54, 1.807) is 0 Å². The van der Waals surface area contributed by atoms with Crippen LogP contribution in [0.25, 0.3) is 0 Å². The zero-order chi connectivity index (χ0) is 29.6. The van der Waals surface area contributed by atoms with Gasteiger partial charge in [0.2, 0.25) is 5.91 Å². The summed E-state index contributed by atoms with van der Waals surface area (Å²) >= 11 is 2.93. The first-order chi connectivity index (χ1) is 17.6. The van der Waals surface area contributed by atoms with Crippen molar-refractivity contribution in [3.63, 3.8) is 0 Å². The third kappa shape index (κ3) is 7.24. The Labute approximate surface area is 224 Å². The summed E-state index contributed by atoms with van der Waals surface area (Å²) in [6, 6.07) is 2.17. The van der Waals surface area contributed by atoms with Crippen LogP contribution >= 0.6 is 27.9 Å². The normalized spacial score (nSPS) is 18.9. The Morgan fingerprint density at radius 3 is 1.97 bits per heavy atom. The van der Waals surface area contributed by atoms with Gasteiger partial charge in [0.1, 0.15) is 16.8 Å². The van der Waals surface area contributed by atoms with Crippen molar-refractivity contribution in [3.8, 4) is 0 Å². The molecule has 1 fully saturated rings. The van der Waals surface area contributed by atoms with Gasteiger partial charge in [0, 0.05) is 18.7 Å². The zero-order valence-electron chi connectivity index (χ0n) is 18.8. The molecule has 18 heteroatoms. The lowest BCUT2D eigenvalue weighted by Crippen LogP contribution is -2.38. The molecule has 3 rings (SSSR count). The van der Waals surface area contributed by atoms with Crippen LogP contribution in [0.3, 0.4) is 0 Å². The van der Waals surface area contributed by atoms with E-state index in [-0.39, 0.29) is 46.1 Å². The molecule has 2 aromatic rings. The van der Waals surface area contributed by atoms with E-state index in [0.29, 0.717) is 0 Å². The number of benzene rings is 1. The number of carbonyl (C=O) groups excluding carboxylic acids is 1. The summed E-state index contributed by atoms with van der Waals surface area (Å²) < 4.78 is 157. The maximum atomic E-state index is 14.3. The Bertz CT molecular complexity index is 1200. The van der Waals surface area contributed by atoms with Crippen LogP contribution in [-0.4, -0.2) is 29.8 Å². The highest BCUT2D eigenvalue weighted by Crippen LogP contribution is 2.58. The highest BCUT2D eigenvalue weighted by Gasteiger charge is 2.61. The van der Waals surface area contributed by atoms with Crippen molar-refractivity contribution < 1.29 is 57.5 Å². The van der Waals surface area contributed by atoms with E-state index in [1.807, 2.05) is 5.32 Å². The fraction of sp³-hybridized carbons (Fsp3) is 0.429. The Morgan fingerprint density at radius 1 is 0.949 bits per heavy atom. The summed E-state index contributed by atoms with van der Waals surface area (Å²) in [4.78, 5) is 15.3. The molecule has 0 spiro atoms. The third-order valence-corrected chi connectivity index (χ3v) is 7.71. The maximum absolute atomic E-state index is 14.3. The van der Waals surface area contributed by atoms with Crippen LogP contribution in [0, 0.1) is 0 Å². The number of nitrogens with zero attached hydrogens (tertiary/aromatic N) is 2. The topological polar surface area (TPSA) is 45.2 Å². The predicted molar refractivity (Wildman–Crippen MR) is 118 cm³/mol. The van der Waals surface area contributed by atoms with Crippen molar-refractivity contribution in [2.75, 3.05) is 10.8 Å². The van der Waals surface area contributed by atoms with E-state index >= 15 is 0 Å². The average Bonchev–Trinajstić information content (AvgIpc) is 3.22. The van der Waals surface area contributed by atoms with Gasteiger partial charge in [-0.3, -0.25) is 9.10 Å². The predicted octanol–water partition coefficient (Wildman–Crippen LogP) is 7.77. The molecule has 1 aliphatic heterocycles. The second-order valence-corrected chi connectivity index (χ2v) is 10.3. The molecule has 1 saturated heterocycles. The Morgan fingerprint density at radius 2 is 1.51 bits per heavy atom. The third-order valence-electron chi connectivity index (χ3n) is 5.45. The van der Waals surface area contributed by atoms with E-state index in [1.165, 1.54) is 6.07 Å². The van der Waals surface area contributed by atoms with Crippen molar-refractivity contribution in [2.24, 2.45) is 0 Å². The average molecular weight is 664 g/mol. The molecule has 1 N–H and O–H groups in total. The summed E-state index contributed by atoms with van der Waals surface area (Å²) in [5, 5.41) is 1.99. The van der Waals surface area contributed by atoms with Gasteiger partial charge >= 0.3 is 24.7 Å². The Balaban J connectivity index is 1.93. The van der Waals surface area contributed by atoms with E-state index in [4.69, 9.17) is 0 Å². The van der Waals surface area contributed by atoms with Gasteiger partial charge in [-0.25, -0.2) is 4.98 Å². The van der Waals surface area contributed by atoms with Crippen LogP contribution in [0.15, 0.2) is 34.9 Å². The van der Waals surface area contributed by atoms with Crippen molar-refractivity contribution in [1.29, 1.82) is 0 Å². The number of alkyl halides is 12. The van der Waals surface area contributed by atoms with Gasteiger partial charge in [0.25, 0.3) is 0 Å². The first kappa shape index (κ1) is 31.2. The van der Waals surface area contributed by atoms with Gasteiger partial charge in [-0.05, 0) is 64.1 Å². The number of hydrogen-bond donors (Lipinski definition) is 1. The van der Waals surface area contributed by atoms with Crippen molar-refractivity contribution in [1.82, 2.24) is 10.3 Å². The molecule has 0 aliphatic carbocycles. The molecule has 216 valence electrons. The van der Waals surface area contributed by atoms with Crippen LogP contribution in [0.1, 0.15) is 35.1 Å². The van der Waals surface area contributed by atoms with Gasteiger partial charge in [-0.15, -0.1) is 0 Å². The highest BCUT2D eigenvalue weighted by atomic mass is 79.9. The summed E-state index contributed by atoms with van der Waals surface area (Å²) in [6.07, 6.45) is -23.4. The maximum Gasteiger partial charge on any atom is 0.416 e. The lowest BCUT2D eigenvalue weighted by Gasteiger charge is -2.32. The lowest BCUT2D eigenvalue weighted by molar-refractivity contribution is -0.163. The van der Waals surface area contributed by atoms with E-state index in [0.717, 1.165) is 10.4 Å². The van der Waals surface area contributed by atoms with Gasteiger partial charge < -0.3 is 5.32 Å². The molecule has 4 nitrogen and oxygen atoms in total. The molecular weight excluding hydrogens is 650 g/mol. The zero-order valence-corrected chi connectivity index (χ0v) is 21.2. The van der Waals surface area contributed by atoms with Crippen molar-refractivity contribution in [2.45, 2.75) is 48.8 Å². The smallest absolute Gasteiger partial charge is 0.352 e. The van der Waals surface area contributed by atoms with Gasteiger partial charge in [0.05, 0.1) is 11.1 Å². The summed E-state index contributed by atoms with van der Waals surface area (Å²) in [5.74, 6) is -1.52. The standard InChI is InChI=1S/C21H14BrF12N3OS/c22-16-10(9-35-15(38)8-18(23,24)25)1-2-14(36-16)37-4-3-17(39-37,21(32,33)34)11-5-12(19(26,27)28)7-13(6-11)20(29,30)31/h1-2,5-7H,3-4,8-9H2,(H,35,38). The molecule has 0 radical (unpaired) electrons. The molecule has 2 heterocycles. The van der Waals surface area contributed by atoms with Gasteiger partial charge in [-0.1, -0.05) is 6.07 Å². The number of pyridine rings is 1. The molecular formula is C21H14BrF12N3OS. The fourth-order valence-electron chi connectivity index (χ4n) is 3.60. The number of hydrogen-bond acceptors (Lipinski definition) is 4. The number of carbonyl (C=O) groups is 1. The van der Waals surface area contributed by atoms with E-state index in [9.17, 15) is 57.5 Å². The summed E-state index contributed by atoms with van der Waals surface area (Å²) in [5.41, 5.74) is -4.89. The van der Waals surface area contributed by atoms with Crippen LogP contribution in [-0.2, 0) is 28.4 Å². The summed E-state index contributed by atoms with van der Waals surface area (Å²) in [7, 11) is 0. The lowest BCUT2D eigenvalue weighted by atomic mass is 9.90. The number of rotatable bonds is 5. The first-order valence-electron chi connectivity index (χ1n) is 10.4. The van der Waals surface area contributed by atoms with Crippen molar-refractivity contribution in [3.05, 3.63) is 57.2 Å². The second kappa shape index (κ2) is 10.6. The Kier molecular flexibility index (Phi) is 8.43. The molecule has 0 bridgehead atoms. The Hall–Kier alpha value is -2.37. The quantitative estimate of drug-likeness (QED) is 0.202.